The van der Waals surface area contributed by atoms with Crippen LogP contribution >= 0.6 is 0 Å². The molecule has 0 unspecified atom stereocenters. The fourth-order valence-corrected chi connectivity index (χ4v) is 3.13. The second-order valence-corrected chi connectivity index (χ2v) is 5.23. The zero-order valence-electron chi connectivity index (χ0n) is 10.8. The third kappa shape index (κ3) is 1.45. The van der Waals surface area contributed by atoms with Gasteiger partial charge in [0.25, 0.3) is 0 Å². The van der Waals surface area contributed by atoms with Crippen molar-refractivity contribution in [3.63, 3.8) is 0 Å². The van der Waals surface area contributed by atoms with Gasteiger partial charge in [-0.05, 0) is 39.6 Å². The van der Waals surface area contributed by atoms with Gasteiger partial charge in [-0.1, -0.05) is 42.5 Å². The molecular formula is C18H12O2. The Morgan fingerprint density at radius 2 is 1.50 bits per heavy atom. The van der Waals surface area contributed by atoms with E-state index in [0.29, 0.717) is 18.4 Å². The topological polar surface area (TPSA) is 34.1 Å². The summed E-state index contributed by atoms with van der Waals surface area (Å²) in [6.07, 6.45) is 0.993. The summed E-state index contributed by atoms with van der Waals surface area (Å²) < 4.78 is 0. The first-order chi connectivity index (χ1) is 9.75. The number of ketones is 2. The van der Waals surface area contributed by atoms with Crippen molar-refractivity contribution in [1.29, 1.82) is 0 Å². The van der Waals surface area contributed by atoms with Crippen molar-refractivity contribution >= 4 is 33.1 Å². The number of carbonyl (C=O) groups excluding carboxylic acids is 2. The Morgan fingerprint density at radius 1 is 0.700 bits per heavy atom. The maximum Gasteiger partial charge on any atom is 0.228 e. The van der Waals surface area contributed by atoms with Crippen molar-refractivity contribution in [2.75, 3.05) is 0 Å². The molecule has 0 saturated carbocycles. The highest BCUT2D eigenvalue weighted by molar-refractivity contribution is 6.45. The van der Waals surface area contributed by atoms with Gasteiger partial charge in [0.05, 0.1) is 0 Å². The predicted molar refractivity (Wildman–Crippen MR) is 79.1 cm³/mol. The van der Waals surface area contributed by atoms with Crippen molar-refractivity contribution in [3.8, 4) is 0 Å². The Bertz CT molecular complexity index is 890. The summed E-state index contributed by atoms with van der Waals surface area (Å²) in [6.45, 7) is 0. The van der Waals surface area contributed by atoms with Crippen LogP contribution < -0.4 is 0 Å². The molecule has 0 spiro atoms. The second kappa shape index (κ2) is 4.01. The van der Waals surface area contributed by atoms with Crippen LogP contribution in [0.2, 0.25) is 0 Å². The molecule has 2 nitrogen and oxygen atoms in total. The van der Waals surface area contributed by atoms with Crippen LogP contribution in [0.4, 0.5) is 0 Å². The lowest BCUT2D eigenvalue weighted by molar-refractivity contribution is -0.115. The maximum atomic E-state index is 12.0. The van der Waals surface area contributed by atoms with Gasteiger partial charge in [0.1, 0.15) is 0 Å². The highest BCUT2D eigenvalue weighted by atomic mass is 16.2. The SMILES string of the molecule is O=C1CCc2c(ccc3c2ccc2ccccc23)C1=O. The van der Waals surface area contributed by atoms with Crippen LogP contribution in [0.1, 0.15) is 22.3 Å². The number of fused-ring (bicyclic) bond motifs is 5. The lowest BCUT2D eigenvalue weighted by Gasteiger charge is -2.17. The standard InChI is InChI=1S/C18H12O2/c19-17-10-9-15-14-6-5-11-3-1-2-4-12(11)13(14)7-8-16(15)18(17)20/h1-8H,9-10H2. The Balaban J connectivity index is 2.13. The molecule has 3 aromatic carbocycles. The summed E-state index contributed by atoms with van der Waals surface area (Å²) in [6, 6.07) is 16.2. The highest BCUT2D eigenvalue weighted by Crippen LogP contribution is 2.32. The molecule has 0 atom stereocenters. The van der Waals surface area contributed by atoms with Crippen LogP contribution in [-0.2, 0) is 11.2 Å². The van der Waals surface area contributed by atoms with E-state index in [0.717, 1.165) is 16.3 Å². The van der Waals surface area contributed by atoms with Gasteiger partial charge in [-0.3, -0.25) is 9.59 Å². The van der Waals surface area contributed by atoms with Crippen LogP contribution in [0.5, 0.6) is 0 Å². The zero-order chi connectivity index (χ0) is 13.7. The minimum Gasteiger partial charge on any atom is -0.290 e. The van der Waals surface area contributed by atoms with Crippen LogP contribution in [0.25, 0.3) is 21.5 Å². The summed E-state index contributed by atoms with van der Waals surface area (Å²) in [5, 5.41) is 4.64. The van der Waals surface area contributed by atoms with E-state index in [9.17, 15) is 9.59 Å². The van der Waals surface area contributed by atoms with Gasteiger partial charge in [0.2, 0.25) is 11.6 Å². The van der Waals surface area contributed by atoms with Gasteiger partial charge >= 0.3 is 0 Å². The van der Waals surface area contributed by atoms with Crippen molar-refractivity contribution in [2.45, 2.75) is 12.8 Å². The molecule has 1 aliphatic carbocycles. The third-order valence-corrected chi connectivity index (χ3v) is 4.14. The molecule has 0 saturated heterocycles. The van der Waals surface area contributed by atoms with Gasteiger partial charge in [-0.25, -0.2) is 0 Å². The lowest BCUT2D eigenvalue weighted by Crippen LogP contribution is -2.22. The summed E-state index contributed by atoms with van der Waals surface area (Å²) in [7, 11) is 0. The largest absolute Gasteiger partial charge is 0.290 e. The van der Waals surface area contributed by atoms with Crippen molar-refractivity contribution in [2.24, 2.45) is 0 Å². The van der Waals surface area contributed by atoms with Crippen LogP contribution in [0.3, 0.4) is 0 Å². The third-order valence-electron chi connectivity index (χ3n) is 4.14. The fourth-order valence-electron chi connectivity index (χ4n) is 3.13. The first-order valence-electron chi connectivity index (χ1n) is 6.76. The number of carbonyl (C=O) groups is 2. The van der Waals surface area contributed by atoms with Gasteiger partial charge in [0, 0.05) is 12.0 Å². The lowest BCUT2D eigenvalue weighted by atomic mass is 9.85. The first-order valence-corrected chi connectivity index (χ1v) is 6.76. The molecule has 3 aromatic rings. The minimum absolute atomic E-state index is 0.266. The van der Waals surface area contributed by atoms with Gasteiger partial charge in [-0.15, -0.1) is 0 Å². The number of rotatable bonds is 0. The predicted octanol–water partition coefficient (Wildman–Crippen LogP) is 3.69. The average Bonchev–Trinajstić information content (AvgIpc) is 2.50. The number of Topliss-reactive ketones (excluding diaryl/α,β-unsaturated/α-hetero) is 2. The molecule has 0 amide bonds. The van der Waals surface area contributed by atoms with E-state index in [2.05, 4.69) is 24.3 Å². The second-order valence-electron chi connectivity index (χ2n) is 5.23. The normalized spacial score (nSPS) is 14.8. The zero-order valence-corrected chi connectivity index (χ0v) is 10.8. The Hall–Kier alpha value is -2.48. The van der Waals surface area contributed by atoms with Gasteiger partial charge in [0.15, 0.2) is 0 Å². The van der Waals surface area contributed by atoms with E-state index in [-0.39, 0.29) is 11.6 Å². The summed E-state index contributed by atoms with van der Waals surface area (Å²) >= 11 is 0. The quantitative estimate of drug-likeness (QED) is 0.456. The van der Waals surface area contributed by atoms with Gasteiger partial charge in [-0.2, -0.15) is 0 Å². The molecular weight excluding hydrogens is 248 g/mol. The average molecular weight is 260 g/mol. The molecule has 1 aliphatic rings. The maximum absolute atomic E-state index is 12.0. The molecule has 0 heterocycles. The van der Waals surface area contributed by atoms with E-state index in [1.54, 1.807) is 0 Å². The van der Waals surface area contributed by atoms with E-state index < -0.39 is 0 Å². The minimum atomic E-state index is -0.332. The molecule has 0 aromatic heterocycles. The molecule has 2 heteroatoms. The number of hydrogen-bond acceptors (Lipinski definition) is 2. The number of aryl methyl sites for hydroxylation is 1. The molecule has 0 radical (unpaired) electrons. The highest BCUT2D eigenvalue weighted by Gasteiger charge is 2.26. The van der Waals surface area contributed by atoms with Crippen LogP contribution in [-0.4, -0.2) is 11.6 Å². The van der Waals surface area contributed by atoms with Crippen molar-refractivity contribution < 1.29 is 9.59 Å². The molecule has 4 rings (SSSR count). The molecule has 96 valence electrons. The fraction of sp³-hybridized carbons (Fsp3) is 0.111. The summed E-state index contributed by atoms with van der Waals surface area (Å²) in [5.41, 5.74) is 1.61. The summed E-state index contributed by atoms with van der Waals surface area (Å²) in [5.74, 6) is -0.598. The van der Waals surface area contributed by atoms with Crippen molar-refractivity contribution in [1.82, 2.24) is 0 Å². The van der Waals surface area contributed by atoms with Crippen LogP contribution in [0.15, 0.2) is 48.5 Å². The first kappa shape index (κ1) is 11.4. The number of benzene rings is 3. The Labute approximate surface area is 116 Å². The molecule has 0 fully saturated rings. The molecule has 0 N–H and O–H groups in total. The Kier molecular flexibility index (Phi) is 2.27. The molecule has 0 bridgehead atoms. The number of hydrogen-bond donors (Lipinski definition) is 0. The van der Waals surface area contributed by atoms with E-state index >= 15 is 0 Å². The van der Waals surface area contributed by atoms with E-state index in [4.69, 9.17) is 0 Å². The molecule has 20 heavy (non-hydrogen) atoms. The van der Waals surface area contributed by atoms with Gasteiger partial charge < -0.3 is 0 Å². The Morgan fingerprint density at radius 3 is 2.40 bits per heavy atom. The van der Waals surface area contributed by atoms with E-state index in [1.807, 2.05) is 24.3 Å². The monoisotopic (exact) mass is 260 g/mol. The smallest absolute Gasteiger partial charge is 0.228 e. The van der Waals surface area contributed by atoms with E-state index in [1.165, 1.54) is 10.8 Å². The molecule has 0 aliphatic heterocycles. The summed E-state index contributed by atoms with van der Waals surface area (Å²) in [4.78, 5) is 23.5. The van der Waals surface area contributed by atoms with Crippen LogP contribution in [0, 0.1) is 0 Å². The van der Waals surface area contributed by atoms with Crippen molar-refractivity contribution in [3.05, 3.63) is 59.7 Å².